The van der Waals surface area contributed by atoms with Crippen molar-refractivity contribution in [2.24, 2.45) is 11.8 Å². The Balaban J connectivity index is 1.56. The van der Waals surface area contributed by atoms with E-state index in [-0.39, 0.29) is 42.6 Å². The summed E-state index contributed by atoms with van der Waals surface area (Å²) in [5.74, 6) is -2.03. The highest BCUT2D eigenvalue weighted by molar-refractivity contribution is 6.13. The molecule has 1 fully saturated rings. The van der Waals surface area contributed by atoms with Gasteiger partial charge in [-0.15, -0.1) is 0 Å². The standard InChI is InChI=1S/C18H17N3O4/c22-15-9-20(14-8-4-3-7-13(14)19-15)16(23)10-21-17(24)11-5-1-2-6-12(11)18(21)25/h1-4,7-8,11-12H,5-6,9-10H2,(H,19,22)/t11-,12+. The van der Waals surface area contributed by atoms with Crippen molar-refractivity contribution in [1.82, 2.24) is 4.90 Å². The van der Waals surface area contributed by atoms with Crippen LogP contribution in [0.3, 0.4) is 0 Å². The van der Waals surface area contributed by atoms with Crippen molar-refractivity contribution in [1.29, 1.82) is 0 Å². The minimum Gasteiger partial charge on any atom is -0.323 e. The molecule has 25 heavy (non-hydrogen) atoms. The summed E-state index contributed by atoms with van der Waals surface area (Å²) in [6, 6.07) is 6.96. The Labute approximate surface area is 144 Å². The number of amides is 4. The average molecular weight is 339 g/mol. The third-order valence-corrected chi connectivity index (χ3v) is 4.96. The Morgan fingerprint density at radius 3 is 2.36 bits per heavy atom. The zero-order chi connectivity index (χ0) is 17.6. The summed E-state index contributed by atoms with van der Waals surface area (Å²) in [5, 5.41) is 2.71. The molecule has 1 aromatic rings. The number of carbonyl (C=O) groups is 4. The van der Waals surface area contributed by atoms with Crippen molar-refractivity contribution >= 4 is 35.0 Å². The van der Waals surface area contributed by atoms with Gasteiger partial charge in [0, 0.05) is 0 Å². The molecule has 2 aliphatic heterocycles. The number of nitrogens with zero attached hydrogens (tertiary/aromatic N) is 2. The summed E-state index contributed by atoms with van der Waals surface area (Å²) in [4.78, 5) is 52.0. The van der Waals surface area contributed by atoms with Gasteiger partial charge >= 0.3 is 0 Å². The summed E-state index contributed by atoms with van der Waals surface area (Å²) in [5.41, 5.74) is 1.12. The molecule has 7 heteroatoms. The summed E-state index contributed by atoms with van der Waals surface area (Å²) in [6.07, 6.45) is 4.88. The summed E-state index contributed by atoms with van der Waals surface area (Å²) in [6.45, 7) is -0.452. The van der Waals surface area contributed by atoms with Crippen LogP contribution in [0.25, 0.3) is 0 Å². The Morgan fingerprint density at radius 2 is 1.68 bits per heavy atom. The van der Waals surface area contributed by atoms with E-state index in [9.17, 15) is 19.2 Å². The number of likely N-dealkylation sites (tertiary alicyclic amines) is 1. The Morgan fingerprint density at radius 1 is 1.04 bits per heavy atom. The van der Waals surface area contributed by atoms with E-state index in [2.05, 4.69) is 5.32 Å². The van der Waals surface area contributed by atoms with E-state index in [0.29, 0.717) is 24.2 Å². The predicted molar refractivity (Wildman–Crippen MR) is 89.5 cm³/mol. The van der Waals surface area contributed by atoms with Gasteiger partial charge in [0.05, 0.1) is 23.2 Å². The molecule has 1 N–H and O–H groups in total. The number of nitrogens with one attached hydrogen (secondary N) is 1. The maximum Gasteiger partial charge on any atom is 0.247 e. The van der Waals surface area contributed by atoms with Crippen LogP contribution in [0, 0.1) is 11.8 Å². The smallest absolute Gasteiger partial charge is 0.247 e. The number of allylic oxidation sites excluding steroid dienone is 2. The molecule has 2 heterocycles. The molecule has 1 aliphatic carbocycles. The van der Waals surface area contributed by atoms with Crippen LogP contribution >= 0.6 is 0 Å². The van der Waals surface area contributed by atoms with Gasteiger partial charge in [0.1, 0.15) is 13.1 Å². The van der Waals surface area contributed by atoms with E-state index in [0.717, 1.165) is 4.90 Å². The molecule has 1 saturated heterocycles. The number of para-hydroxylation sites is 2. The number of imide groups is 1. The lowest BCUT2D eigenvalue weighted by atomic mass is 9.85. The first-order valence-electron chi connectivity index (χ1n) is 8.25. The van der Waals surface area contributed by atoms with E-state index in [1.165, 1.54) is 4.90 Å². The predicted octanol–water partition coefficient (Wildman–Crippen LogP) is 0.923. The molecule has 4 amide bonds. The first-order valence-corrected chi connectivity index (χ1v) is 8.25. The monoisotopic (exact) mass is 339 g/mol. The molecule has 0 bridgehead atoms. The van der Waals surface area contributed by atoms with Gasteiger partial charge in [-0.25, -0.2) is 0 Å². The lowest BCUT2D eigenvalue weighted by Gasteiger charge is -2.30. The minimum atomic E-state index is -0.435. The molecule has 0 aromatic heterocycles. The van der Waals surface area contributed by atoms with Crippen molar-refractivity contribution in [3.63, 3.8) is 0 Å². The Bertz CT molecular complexity index is 790. The average Bonchev–Trinajstić information content (AvgIpc) is 2.86. The highest BCUT2D eigenvalue weighted by Crippen LogP contribution is 2.35. The first kappa shape index (κ1) is 15.6. The van der Waals surface area contributed by atoms with Crippen LogP contribution in [0.5, 0.6) is 0 Å². The number of anilines is 2. The Kier molecular flexibility index (Phi) is 3.63. The third kappa shape index (κ3) is 2.52. The van der Waals surface area contributed by atoms with Crippen LogP contribution in [0.1, 0.15) is 12.8 Å². The van der Waals surface area contributed by atoms with E-state index in [4.69, 9.17) is 0 Å². The third-order valence-electron chi connectivity index (χ3n) is 4.96. The summed E-state index contributed by atoms with van der Waals surface area (Å²) < 4.78 is 0. The largest absolute Gasteiger partial charge is 0.323 e. The summed E-state index contributed by atoms with van der Waals surface area (Å²) >= 11 is 0. The van der Waals surface area contributed by atoms with Crippen LogP contribution < -0.4 is 10.2 Å². The quantitative estimate of drug-likeness (QED) is 0.641. The number of hydrogen-bond acceptors (Lipinski definition) is 4. The highest BCUT2D eigenvalue weighted by atomic mass is 16.2. The molecule has 0 radical (unpaired) electrons. The second kappa shape index (κ2) is 5.84. The van der Waals surface area contributed by atoms with Crippen LogP contribution in [0.2, 0.25) is 0 Å². The van der Waals surface area contributed by atoms with Gasteiger partial charge in [-0.3, -0.25) is 29.0 Å². The molecule has 7 nitrogen and oxygen atoms in total. The zero-order valence-corrected chi connectivity index (χ0v) is 13.5. The topological polar surface area (TPSA) is 86.8 Å². The van der Waals surface area contributed by atoms with Gasteiger partial charge in [-0.05, 0) is 25.0 Å². The van der Waals surface area contributed by atoms with Gasteiger partial charge in [0.25, 0.3) is 0 Å². The molecule has 4 rings (SSSR count). The second-order valence-corrected chi connectivity index (χ2v) is 6.46. The first-order chi connectivity index (χ1) is 12.1. The minimum absolute atomic E-state index is 0.125. The number of rotatable bonds is 2. The molecular weight excluding hydrogens is 322 g/mol. The number of fused-ring (bicyclic) bond motifs is 2. The van der Waals surface area contributed by atoms with Gasteiger partial charge in [0.2, 0.25) is 23.6 Å². The van der Waals surface area contributed by atoms with Crippen LogP contribution in [0.4, 0.5) is 11.4 Å². The van der Waals surface area contributed by atoms with Crippen molar-refractivity contribution in [2.75, 3.05) is 23.3 Å². The van der Waals surface area contributed by atoms with Crippen molar-refractivity contribution in [3.05, 3.63) is 36.4 Å². The lowest BCUT2D eigenvalue weighted by molar-refractivity contribution is -0.143. The number of carbonyl (C=O) groups excluding carboxylic acids is 4. The van der Waals surface area contributed by atoms with E-state index in [1.807, 2.05) is 12.2 Å². The van der Waals surface area contributed by atoms with Gasteiger partial charge in [-0.1, -0.05) is 24.3 Å². The maximum atomic E-state index is 12.7. The molecule has 2 atom stereocenters. The normalized spacial score (nSPS) is 24.9. The van der Waals surface area contributed by atoms with Crippen LogP contribution in [-0.2, 0) is 19.2 Å². The van der Waals surface area contributed by atoms with E-state index in [1.54, 1.807) is 24.3 Å². The van der Waals surface area contributed by atoms with Crippen molar-refractivity contribution in [3.8, 4) is 0 Å². The molecule has 128 valence electrons. The molecular formula is C18H17N3O4. The zero-order valence-electron chi connectivity index (χ0n) is 13.5. The Hall–Kier alpha value is -2.96. The highest BCUT2D eigenvalue weighted by Gasteiger charge is 2.48. The summed E-state index contributed by atoms with van der Waals surface area (Å²) in [7, 11) is 0. The van der Waals surface area contributed by atoms with Crippen LogP contribution in [-0.4, -0.2) is 41.6 Å². The van der Waals surface area contributed by atoms with Crippen molar-refractivity contribution in [2.45, 2.75) is 12.8 Å². The van der Waals surface area contributed by atoms with E-state index < -0.39 is 5.91 Å². The fraction of sp³-hybridized carbons (Fsp3) is 0.333. The molecule has 3 aliphatic rings. The van der Waals surface area contributed by atoms with E-state index >= 15 is 0 Å². The second-order valence-electron chi connectivity index (χ2n) is 6.46. The molecule has 0 spiro atoms. The SMILES string of the molecule is O=C1CN(C(=O)CN2C(=O)[C@H]3CC=CC[C@H]3C2=O)c2ccccc2N1. The van der Waals surface area contributed by atoms with Crippen molar-refractivity contribution < 1.29 is 19.2 Å². The lowest BCUT2D eigenvalue weighted by Crippen LogP contribution is -2.48. The van der Waals surface area contributed by atoms with Gasteiger partial charge < -0.3 is 5.32 Å². The molecule has 0 unspecified atom stereocenters. The van der Waals surface area contributed by atoms with Gasteiger partial charge in [-0.2, -0.15) is 0 Å². The number of hydrogen-bond donors (Lipinski definition) is 1. The molecule has 1 aromatic carbocycles. The maximum absolute atomic E-state index is 12.7. The fourth-order valence-electron chi connectivity index (χ4n) is 3.70. The number of benzene rings is 1. The van der Waals surface area contributed by atoms with Crippen LogP contribution in [0.15, 0.2) is 36.4 Å². The van der Waals surface area contributed by atoms with Gasteiger partial charge in [0.15, 0.2) is 0 Å². The molecule has 0 saturated carbocycles. The fourth-order valence-corrected chi connectivity index (χ4v) is 3.70.